The zero-order valence-corrected chi connectivity index (χ0v) is 38.1. The average molecular weight is 937 g/mol. The molecule has 1 aliphatic carbocycles. The lowest BCUT2D eigenvalue weighted by Gasteiger charge is -2.39. The molecular weight excluding hydrogens is 888 g/mol. The molecule has 19 heteroatoms. The molecule has 2 saturated heterocycles. The van der Waals surface area contributed by atoms with E-state index in [1.54, 1.807) is 41.8 Å². The Morgan fingerprint density at radius 3 is 2.67 bits per heavy atom. The van der Waals surface area contributed by atoms with Crippen molar-refractivity contribution < 1.29 is 36.7 Å². The third-order valence-electron chi connectivity index (χ3n) is 12.2. The van der Waals surface area contributed by atoms with Crippen LogP contribution in [0.1, 0.15) is 48.3 Å². The number of benzene rings is 2. The topological polar surface area (TPSA) is 194 Å². The summed E-state index contributed by atoms with van der Waals surface area (Å²) in [5.41, 5.74) is 5.67. The summed E-state index contributed by atoms with van der Waals surface area (Å²) in [6, 6.07) is 17.3. The molecule has 0 saturated carbocycles. The molecule has 6 aromatic rings. The van der Waals surface area contributed by atoms with Crippen molar-refractivity contribution >= 4 is 60.9 Å². The molecule has 1 atom stereocenters. The fourth-order valence-electron chi connectivity index (χ4n) is 8.55. The van der Waals surface area contributed by atoms with Crippen LogP contribution in [0, 0.1) is 21.3 Å². The van der Waals surface area contributed by atoms with Gasteiger partial charge in [0.05, 0.1) is 59.4 Å². The van der Waals surface area contributed by atoms with E-state index in [-0.39, 0.29) is 40.9 Å². The number of nitrogens with zero attached hydrogens (tertiary/aromatic N) is 5. The first kappa shape index (κ1) is 44.9. The van der Waals surface area contributed by atoms with Crippen LogP contribution in [0.25, 0.3) is 27.9 Å². The molecule has 0 radical (unpaired) electrons. The van der Waals surface area contributed by atoms with Crippen LogP contribution < -0.4 is 19.7 Å². The van der Waals surface area contributed by atoms with Gasteiger partial charge in [0.25, 0.3) is 21.6 Å². The molecule has 2 aliphatic heterocycles. The fraction of sp³-hybridized carbons (Fsp3) is 0.340. The van der Waals surface area contributed by atoms with Gasteiger partial charge in [-0.1, -0.05) is 19.4 Å². The van der Waals surface area contributed by atoms with Crippen LogP contribution in [0.3, 0.4) is 0 Å². The predicted octanol–water partition coefficient (Wildman–Crippen LogP) is 8.26. The van der Waals surface area contributed by atoms with Crippen molar-refractivity contribution in [3.05, 3.63) is 123 Å². The number of sulfonamides is 1. The van der Waals surface area contributed by atoms with Gasteiger partial charge in [0, 0.05) is 84.5 Å². The zero-order chi connectivity index (χ0) is 46.0. The lowest BCUT2D eigenvalue weighted by molar-refractivity contribution is -0.384. The highest BCUT2D eigenvalue weighted by atomic mass is 32.2. The van der Waals surface area contributed by atoms with E-state index in [4.69, 9.17) is 14.2 Å². The number of carbonyl (C=O) groups excluding carboxylic acids is 1. The number of H-pyrrole nitrogens is 1. The second-order valence-corrected chi connectivity index (χ2v) is 20.0. The van der Waals surface area contributed by atoms with Gasteiger partial charge in [0.1, 0.15) is 28.7 Å². The maximum absolute atomic E-state index is 14.0. The quantitative estimate of drug-likeness (QED) is 0.0699. The summed E-state index contributed by atoms with van der Waals surface area (Å²) >= 11 is 1.70. The van der Waals surface area contributed by atoms with Crippen LogP contribution in [0.2, 0.25) is 0 Å². The molecule has 66 heavy (non-hydrogen) atoms. The van der Waals surface area contributed by atoms with E-state index in [1.807, 2.05) is 6.07 Å². The monoisotopic (exact) mass is 936 g/mol. The smallest absolute Gasteiger partial charge is 0.293 e. The summed E-state index contributed by atoms with van der Waals surface area (Å²) in [5, 5.41) is 17.9. The van der Waals surface area contributed by atoms with Crippen molar-refractivity contribution in [2.24, 2.45) is 5.41 Å². The van der Waals surface area contributed by atoms with Gasteiger partial charge in [-0.05, 0) is 84.8 Å². The van der Waals surface area contributed by atoms with E-state index in [9.17, 15) is 27.7 Å². The molecule has 0 bridgehead atoms. The molecule has 9 rings (SSSR count). The van der Waals surface area contributed by atoms with Gasteiger partial charge in [0.2, 0.25) is 0 Å². The van der Waals surface area contributed by atoms with E-state index in [1.165, 1.54) is 52.7 Å². The molecule has 2 aromatic carbocycles. The number of ether oxygens (including phenoxy) is 3. The Hall–Kier alpha value is -6.25. The third kappa shape index (κ3) is 10.2. The number of aromatic nitrogens is 3. The van der Waals surface area contributed by atoms with Crippen molar-refractivity contribution in [2.75, 3.05) is 69.3 Å². The number of fused-ring (bicyclic) bond motifs is 1. The second kappa shape index (κ2) is 18.9. The number of allylic oxidation sites excluding steroid dienone is 1. The number of thiophene rings is 1. The van der Waals surface area contributed by atoms with Gasteiger partial charge in [-0.3, -0.25) is 24.8 Å². The van der Waals surface area contributed by atoms with Crippen LogP contribution >= 0.6 is 11.3 Å². The molecule has 3 N–H and O–H groups in total. The van der Waals surface area contributed by atoms with Crippen LogP contribution in [-0.4, -0.2) is 104 Å². The number of carbonyl (C=O) groups is 1. The Bertz CT molecular complexity index is 2910. The molecular formula is C47H49FN8O8S2. The van der Waals surface area contributed by atoms with Gasteiger partial charge in [-0.2, -0.15) is 0 Å². The third-order valence-corrected chi connectivity index (χ3v) is 14.5. The molecule has 2 fully saturated rings. The van der Waals surface area contributed by atoms with Crippen molar-refractivity contribution in [1.29, 1.82) is 0 Å². The number of halogens is 1. The molecule has 3 aliphatic rings. The van der Waals surface area contributed by atoms with E-state index in [0.717, 1.165) is 67.3 Å². The number of nitro groups is 1. The highest BCUT2D eigenvalue weighted by molar-refractivity contribution is 7.90. The largest absolute Gasteiger partial charge is 0.455 e. The second-order valence-electron chi connectivity index (χ2n) is 17.4. The highest BCUT2D eigenvalue weighted by Crippen LogP contribution is 2.45. The molecule has 1 unspecified atom stereocenters. The first-order chi connectivity index (χ1) is 31.8. The number of amides is 1. The number of pyridine rings is 2. The predicted molar refractivity (Wildman–Crippen MR) is 250 cm³/mol. The normalized spacial score (nSPS) is 18.0. The standard InChI is InChI=1S/C47H49FN8O8S2/c1-47(2)11-9-31(39(23-47)44-20-32(29-65-44)40-7-3-33(48)24-50-40)27-54-13-15-55(16-14-54)34-4-6-38(43(21-34)64-35-19-30-10-12-49-45(30)52-25-35)46(57)53-66(60,61)37-5-8-41(42(22-37)56(58)59)51-26-36-28-62-17-18-63-36/h3-8,10,12,19-22,24-25,29,36,51H,9,11,13-18,23,26-28H2,1-2H3,(H,49,52)(H,53,57). The Morgan fingerprint density at radius 1 is 1.05 bits per heavy atom. The van der Waals surface area contributed by atoms with Gasteiger partial charge in [0.15, 0.2) is 0 Å². The molecule has 0 spiro atoms. The minimum absolute atomic E-state index is 0.0655. The molecule has 344 valence electrons. The number of aromatic amines is 1. The minimum Gasteiger partial charge on any atom is -0.455 e. The maximum atomic E-state index is 14.0. The zero-order valence-electron chi connectivity index (χ0n) is 36.4. The molecule has 16 nitrogen and oxygen atoms in total. The number of nitrogens with one attached hydrogen (secondary N) is 3. The van der Waals surface area contributed by atoms with E-state index < -0.39 is 31.4 Å². The van der Waals surface area contributed by atoms with Crippen LogP contribution in [0.15, 0.2) is 101 Å². The number of nitro benzene ring substituents is 1. The van der Waals surface area contributed by atoms with E-state index >= 15 is 0 Å². The SMILES string of the molecule is CC1(C)CCC(CN2CCN(c3ccc(C(=O)NS(=O)(=O)c4ccc(NCC5COCCO5)c([N+](=O)[O-])c4)c(Oc4cnc5[nH]ccc5c4)c3)CC2)=C(c2cc(-c3ccc(F)cn3)cs2)C1. The lowest BCUT2D eigenvalue weighted by atomic mass is 9.73. The molecule has 1 amide bonds. The first-order valence-electron chi connectivity index (χ1n) is 21.7. The van der Waals surface area contributed by atoms with Crippen molar-refractivity contribution in [1.82, 2.24) is 24.6 Å². The Balaban J connectivity index is 0.922. The van der Waals surface area contributed by atoms with Crippen LogP contribution in [-0.2, 0) is 19.5 Å². The van der Waals surface area contributed by atoms with Gasteiger partial charge >= 0.3 is 0 Å². The molecule has 4 aromatic heterocycles. The van der Waals surface area contributed by atoms with Gasteiger partial charge in [-0.15, -0.1) is 11.3 Å². The highest BCUT2D eigenvalue weighted by Gasteiger charge is 2.31. The Morgan fingerprint density at radius 2 is 1.89 bits per heavy atom. The van der Waals surface area contributed by atoms with Crippen molar-refractivity contribution in [3.63, 3.8) is 0 Å². The average Bonchev–Trinajstić information content (AvgIpc) is 4.00. The number of hydrogen-bond donors (Lipinski definition) is 3. The lowest BCUT2D eigenvalue weighted by Crippen LogP contribution is -2.47. The Kier molecular flexibility index (Phi) is 12.9. The van der Waals surface area contributed by atoms with E-state index in [0.29, 0.717) is 44.3 Å². The number of piperazine rings is 1. The van der Waals surface area contributed by atoms with E-state index in [2.05, 4.69) is 60.1 Å². The minimum atomic E-state index is -4.60. The summed E-state index contributed by atoms with van der Waals surface area (Å²) in [5.74, 6) is -0.912. The summed E-state index contributed by atoms with van der Waals surface area (Å²) in [4.78, 5) is 42.5. The summed E-state index contributed by atoms with van der Waals surface area (Å²) in [6.45, 7) is 9.80. The summed E-state index contributed by atoms with van der Waals surface area (Å²) in [7, 11) is -4.60. The fourth-order valence-corrected chi connectivity index (χ4v) is 10.5. The van der Waals surface area contributed by atoms with Crippen molar-refractivity contribution in [2.45, 2.75) is 44.1 Å². The maximum Gasteiger partial charge on any atom is 0.293 e. The number of anilines is 2. The number of hydrogen-bond acceptors (Lipinski definition) is 14. The summed E-state index contributed by atoms with van der Waals surface area (Å²) in [6.07, 6.45) is 7.23. The first-order valence-corrected chi connectivity index (χ1v) is 24.1. The van der Waals surface area contributed by atoms with Gasteiger partial charge < -0.3 is 29.4 Å². The summed E-state index contributed by atoms with van der Waals surface area (Å²) < 4.78 is 60.4. The molecule has 6 heterocycles. The Labute approximate surface area is 385 Å². The van der Waals surface area contributed by atoms with Gasteiger partial charge in [-0.25, -0.2) is 22.5 Å². The van der Waals surface area contributed by atoms with Crippen LogP contribution in [0.5, 0.6) is 11.5 Å². The number of rotatable bonds is 14. The van der Waals surface area contributed by atoms with Crippen molar-refractivity contribution in [3.8, 4) is 22.8 Å². The van der Waals surface area contributed by atoms with Crippen LogP contribution in [0.4, 0.5) is 21.5 Å².